The number of hydrogen-bond acceptors (Lipinski definition) is 4. The molecule has 0 radical (unpaired) electrons. The van der Waals surface area contributed by atoms with E-state index in [9.17, 15) is 14.9 Å². The zero-order chi connectivity index (χ0) is 20.8. The van der Waals surface area contributed by atoms with Crippen LogP contribution in [0.1, 0.15) is 85.0 Å². The van der Waals surface area contributed by atoms with Gasteiger partial charge in [-0.1, -0.05) is 26.3 Å². The lowest BCUT2D eigenvalue weighted by Gasteiger charge is -2.52. The number of rotatable bonds is 4. The minimum atomic E-state index is -0.646. The Balaban J connectivity index is 1.66. The van der Waals surface area contributed by atoms with Gasteiger partial charge in [0.25, 0.3) is 0 Å². The lowest BCUT2D eigenvalue weighted by molar-refractivity contribution is -0.178. The minimum Gasteiger partial charge on any atom is -0.457 e. The van der Waals surface area contributed by atoms with Gasteiger partial charge in [0, 0.05) is 18.3 Å². The van der Waals surface area contributed by atoms with Gasteiger partial charge in [-0.05, 0) is 79.9 Å². The van der Waals surface area contributed by atoms with E-state index >= 15 is 0 Å². The number of ether oxygens (including phenoxy) is 1. The molecule has 2 fully saturated rings. The van der Waals surface area contributed by atoms with E-state index in [0.717, 1.165) is 44.9 Å². The van der Waals surface area contributed by atoms with Crippen LogP contribution in [0, 0.1) is 34.5 Å². The largest absolute Gasteiger partial charge is 0.457 e. The van der Waals surface area contributed by atoms with Crippen LogP contribution in [-0.4, -0.2) is 17.4 Å². The fourth-order valence-electron chi connectivity index (χ4n) is 6.84. The molecule has 0 aromatic carbocycles. The van der Waals surface area contributed by atoms with Crippen molar-refractivity contribution in [3.8, 4) is 6.07 Å². The fraction of sp³-hybridized carbons (Fsp3) is 0.720. The molecular formula is C25H33NO3. The molecule has 4 aliphatic rings. The smallest absolute Gasteiger partial charge is 0.306 e. The molecular weight excluding hydrogens is 362 g/mol. The molecule has 0 aliphatic heterocycles. The highest BCUT2D eigenvalue weighted by Gasteiger charge is 2.63. The van der Waals surface area contributed by atoms with E-state index in [1.54, 1.807) is 5.57 Å². The second kappa shape index (κ2) is 7.42. The van der Waals surface area contributed by atoms with Crippen LogP contribution in [0.25, 0.3) is 0 Å². The van der Waals surface area contributed by atoms with Gasteiger partial charge in [0.1, 0.15) is 5.60 Å². The molecule has 0 bridgehead atoms. The van der Waals surface area contributed by atoms with E-state index in [1.165, 1.54) is 11.1 Å². The number of carbonyl (C=O) groups is 2. The van der Waals surface area contributed by atoms with Crippen LogP contribution in [0.2, 0.25) is 0 Å². The van der Waals surface area contributed by atoms with Gasteiger partial charge in [0.15, 0.2) is 5.78 Å². The molecule has 4 nitrogen and oxygen atoms in total. The maximum Gasteiger partial charge on any atom is 0.306 e. The summed E-state index contributed by atoms with van der Waals surface area (Å²) in [6, 6.07) is 2.35. The van der Waals surface area contributed by atoms with Crippen molar-refractivity contribution in [3.63, 3.8) is 0 Å². The maximum absolute atomic E-state index is 12.6. The third-order valence-corrected chi connectivity index (χ3v) is 8.27. The van der Waals surface area contributed by atoms with Crippen LogP contribution in [0.3, 0.4) is 0 Å². The van der Waals surface area contributed by atoms with Gasteiger partial charge >= 0.3 is 5.97 Å². The van der Waals surface area contributed by atoms with Gasteiger partial charge in [-0.3, -0.25) is 9.59 Å². The van der Waals surface area contributed by atoms with Gasteiger partial charge in [-0.25, -0.2) is 0 Å². The van der Waals surface area contributed by atoms with Gasteiger partial charge in [0.2, 0.25) is 0 Å². The zero-order valence-corrected chi connectivity index (χ0v) is 18.1. The Labute approximate surface area is 174 Å². The van der Waals surface area contributed by atoms with Gasteiger partial charge in [-0.15, -0.1) is 0 Å². The van der Waals surface area contributed by atoms with E-state index in [-0.39, 0.29) is 23.1 Å². The summed E-state index contributed by atoms with van der Waals surface area (Å²) in [4.78, 5) is 24.5. The second-order valence-corrected chi connectivity index (χ2v) is 10.2. The van der Waals surface area contributed by atoms with Crippen molar-refractivity contribution >= 4 is 11.8 Å². The normalized spacial score (nSPS) is 36.1. The van der Waals surface area contributed by atoms with Crippen LogP contribution in [0.15, 0.2) is 22.8 Å². The molecule has 0 N–H and O–H groups in total. The van der Waals surface area contributed by atoms with Crippen molar-refractivity contribution in [2.45, 2.75) is 90.6 Å². The van der Waals surface area contributed by atoms with Crippen molar-refractivity contribution in [1.82, 2.24) is 0 Å². The highest BCUT2D eigenvalue weighted by atomic mass is 16.6. The molecule has 4 aliphatic carbocycles. The number of nitriles is 1. The minimum absolute atomic E-state index is 0.143. The molecule has 0 spiro atoms. The average Bonchev–Trinajstić information content (AvgIpc) is 2.93. The van der Waals surface area contributed by atoms with Crippen molar-refractivity contribution in [2.24, 2.45) is 23.2 Å². The number of nitrogens with zero attached hydrogens (tertiary/aromatic N) is 1. The Morgan fingerprint density at radius 1 is 1.24 bits per heavy atom. The highest BCUT2D eigenvalue weighted by molar-refractivity contribution is 5.93. The summed E-state index contributed by atoms with van der Waals surface area (Å²) in [6.07, 6.45) is 9.99. The van der Waals surface area contributed by atoms with Crippen LogP contribution in [-0.2, 0) is 14.3 Å². The first-order valence-electron chi connectivity index (χ1n) is 11.3. The number of fused-ring (bicyclic) bond motifs is 4. The predicted molar refractivity (Wildman–Crippen MR) is 111 cm³/mol. The predicted octanol–water partition coefficient (Wildman–Crippen LogP) is 5.43. The molecule has 0 saturated heterocycles. The Kier molecular flexibility index (Phi) is 5.21. The van der Waals surface area contributed by atoms with E-state index in [4.69, 9.17) is 4.74 Å². The Morgan fingerprint density at radius 3 is 2.76 bits per heavy atom. The molecule has 2 unspecified atom stereocenters. The summed E-state index contributed by atoms with van der Waals surface area (Å²) < 4.78 is 6.19. The molecule has 4 heteroatoms. The average molecular weight is 396 g/mol. The molecule has 0 amide bonds. The zero-order valence-electron chi connectivity index (χ0n) is 18.1. The summed E-state index contributed by atoms with van der Waals surface area (Å²) >= 11 is 0. The second-order valence-electron chi connectivity index (χ2n) is 10.2. The topological polar surface area (TPSA) is 67.2 Å². The lowest BCUT2D eigenvalue weighted by Crippen LogP contribution is -2.52. The summed E-state index contributed by atoms with van der Waals surface area (Å²) in [5.74, 6) is 1.35. The van der Waals surface area contributed by atoms with E-state index in [0.29, 0.717) is 31.1 Å². The number of esters is 1. The Bertz CT molecular complexity index is 829. The van der Waals surface area contributed by atoms with Crippen LogP contribution in [0.4, 0.5) is 0 Å². The fourth-order valence-corrected chi connectivity index (χ4v) is 6.84. The maximum atomic E-state index is 12.6. The summed E-state index contributed by atoms with van der Waals surface area (Å²) in [7, 11) is 0. The summed E-state index contributed by atoms with van der Waals surface area (Å²) in [6.45, 7) is 6.33. The SMILES string of the molecule is CC(C)CC(=O)O[C@@]1(CC#N)CCC2C3CCC4=CC(=O)CCC4=C3CC[C@@]21C. The van der Waals surface area contributed by atoms with Crippen molar-refractivity contribution in [1.29, 1.82) is 5.26 Å². The van der Waals surface area contributed by atoms with E-state index in [1.807, 2.05) is 19.9 Å². The van der Waals surface area contributed by atoms with Crippen LogP contribution >= 0.6 is 0 Å². The summed E-state index contributed by atoms with van der Waals surface area (Å²) in [5, 5.41) is 9.61. The number of ketones is 1. The monoisotopic (exact) mass is 395 g/mol. The van der Waals surface area contributed by atoms with Gasteiger partial charge in [-0.2, -0.15) is 5.26 Å². The van der Waals surface area contributed by atoms with Gasteiger partial charge < -0.3 is 4.74 Å². The number of carbonyl (C=O) groups excluding carboxylic acids is 2. The summed E-state index contributed by atoms with van der Waals surface area (Å²) in [5.41, 5.74) is 3.51. The first-order valence-corrected chi connectivity index (χ1v) is 11.3. The van der Waals surface area contributed by atoms with Crippen molar-refractivity contribution < 1.29 is 14.3 Å². The molecule has 4 rings (SSSR count). The molecule has 29 heavy (non-hydrogen) atoms. The van der Waals surface area contributed by atoms with Gasteiger partial charge in [0.05, 0.1) is 12.5 Å². The van der Waals surface area contributed by atoms with Crippen molar-refractivity contribution in [3.05, 3.63) is 22.8 Å². The van der Waals surface area contributed by atoms with E-state index < -0.39 is 5.60 Å². The van der Waals surface area contributed by atoms with Crippen LogP contribution < -0.4 is 0 Å². The number of hydrogen-bond donors (Lipinski definition) is 0. The molecule has 4 atom stereocenters. The Morgan fingerprint density at radius 2 is 2.03 bits per heavy atom. The quantitative estimate of drug-likeness (QED) is 0.595. The van der Waals surface area contributed by atoms with Crippen molar-refractivity contribution in [2.75, 3.05) is 0 Å². The van der Waals surface area contributed by atoms with Crippen LogP contribution in [0.5, 0.6) is 0 Å². The van der Waals surface area contributed by atoms with E-state index in [2.05, 4.69) is 13.0 Å². The number of allylic oxidation sites excluding steroid dienone is 4. The molecule has 0 aromatic heterocycles. The third kappa shape index (κ3) is 3.27. The molecule has 0 heterocycles. The lowest BCUT2D eigenvalue weighted by atomic mass is 9.54. The molecule has 156 valence electrons. The first kappa shape index (κ1) is 20.4. The molecule has 0 aromatic rings. The third-order valence-electron chi connectivity index (χ3n) is 8.27. The first-order chi connectivity index (χ1) is 13.8. The Hall–Kier alpha value is -1.89. The highest BCUT2D eigenvalue weighted by Crippen LogP contribution is 2.65. The molecule has 2 saturated carbocycles. The standard InChI is InChI=1S/C25H33NO3/c1-16(2)14-23(28)29-25(12-13-26)11-9-22-21-6-4-17-15-18(27)5-7-19(17)20(21)8-10-24(22,25)3/h15-16,21-22H,4-12,14H2,1-3H3/t21?,22?,24-,25+/m0/s1.